The van der Waals surface area contributed by atoms with Crippen LogP contribution in [0.25, 0.3) is 0 Å². The molecule has 1 aliphatic heterocycles. The van der Waals surface area contributed by atoms with Gasteiger partial charge in [-0.15, -0.1) is 11.3 Å². The molecular formula is C16H17N3O4S. The number of fused-ring (bicyclic) bond motifs is 1. The topological polar surface area (TPSA) is 80.8 Å². The highest BCUT2D eigenvalue weighted by atomic mass is 32.1. The average Bonchev–Trinajstić information content (AvgIpc) is 2.91. The van der Waals surface area contributed by atoms with Gasteiger partial charge < -0.3 is 19.7 Å². The molecule has 2 amide bonds. The molecule has 24 heavy (non-hydrogen) atoms. The maximum Gasteiger partial charge on any atom is 0.273 e. The molecule has 126 valence electrons. The maximum absolute atomic E-state index is 12.7. The highest BCUT2D eigenvalue weighted by Crippen LogP contribution is 2.28. The van der Waals surface area contributed by atoms with Crippen molar-refractivity contribution in [1.29, 1.82) is 0 Å². The number of nitrogens with one attached hydrogen (secondary N) is 1. The number of ether oxygens (including phenoxy) is 2. The van der Waals surface area contributed by atoms with Crippen LogP contribution >= 0.6 is 11.3 Å². The molecule has 0 bridgehead atoms. The number of aromatic nitrogens is 1. The molecule has 7 nitrogen and oxygen atoms in total. The second kappa shape index (κ2) is 6.88. The highest BCUT2D eigenvalue weighted by molar-refractivity contribution is 7.14. The first-order chi connectivity index (χ1) is 11.6. The third-order valence-corrected chi connectivity index (χ3v) is 4.31. The van der Waals surface area contributed by atoms with Crippen molar-refractivity contribution >= 4 is 28.3 Å². The van der Waals surface area contributed by atoms with Gasteiger partial charge in [0.05, 0.1) is 13.7 Å². The molecule has 8 heteroatoms. The van der Waals surface area contributed by atoms with Gasteiger partial charge in [0.15, 0.2) is 5.13 Å². The lowest BCUT2D eigenvalue weighted by atomic mass is 10.2. The minimum atomic E-state index is -0.214. The summed E-state index contributed by atoms with van der Waals surface area (Å²) in [6.45, 7) is 2.70. The first-order valence-corrected chi connectivity index (χ1v) is 8.27. The predicted molar refractivity (Wildman–Crippen MR) is 89.6 cm³/mol. The van der Waals surface area contributed by atoms with Gasteiger partial charge in [-0.05, 0) is 12.1 Å². The largest absolute Gasteiger partial charge is 0.497 e. The summed E-state index contributed by atoms with van der Waals surface area (Å²) in [5, 5.41) is 4.65. The summed E-state index contributed by atoms with van der Waals surface area (Å²) in [7, 11) is 1.60. The van der Waals surface area contributed by atoms with Gasteiger partial charge >= 0.3 is 0 Å². The molecule has 0 radical (unpaired) electrons. The molecule has 0 atom stereocenters. The number of methoxy groups -OCH3 is 1. The molecule has 1 aromatic carbocycles. The number of carbonyl (C=O) groups is 2. The Balaban J connectivity index is 1.77. The van der Waals surface area contributed by atoms with E-state index in [1.165, 1.54) is 18.3 Å². The Labute approximate surface area is 143 Å². The standard InChI is InChI=1S/C16H17N3O4S/c1-10(20)17-16-18-13(9-24-16)15(21)19-5-6-23-14-7-12(22-2)4-3-11(14)8-19/h3-4,7,9H,5-6,8H2,1-2H3,(H,17,18,20). The van der Waals surface area contributed by atoms with Crippen molar-refractivity contribution in [3.05, 3.63) is 34.8 Å². The van der Waals surface area contributed by atoms with Gasteiger partial charge in [-0.3, -0.25) is 9.59 Å². The smallest absolute Gasteiger partial charge is 0.273 e. The van der Waals surface area contributed by atoms with Crippen LogP contribution in [0.1, 0.15) is 23.0 Å². The quantitative estimate of drug-likeness (QED) is 0.920. The van der Waals surface area contributed by atoms with E-state index in [9.17, 15) is 9.59 Å². The summed E-state index contributed by atoms with van der Waals surface area (Å²) in [5.74, 6) is 1.04. The van der Waals surface area contributed by atoms with Crippen molar-refractivity contribution in [2.24, 2.45) is 0 Å². The van der Waals surface area contributed by atoms with Crippen LogP contribution in [0.3, 0.4) is 0 Å². The van der Waals surface area contributed by atoms with Crippen molar-refractivity contribution in [3.8, 4) is 11.5 Å². The van der Waals surface area contributed by atoms with Gasteiger partial charge in [0.25, 0.3) is 5.91 Å². The number of benzene rings is 1. The monoisotopic (exact) mass is 347 g/mol. The first-order valence-electron chi connectivity index (χ1n) is 7.39. The van der Waals surface area contributed by atoms with E-state index in [0.717, 1.165) is 11.3 Å². The van der Waals surface area contributed by atoms with E-state index >= 15 is 0 Å². The average molecular weight is 347 g/mol. The van der Waals surface area contributed by atoms with Crippen LogP contribution in [0.2, 0.25) is 0 Å². The van der Waals surface area contributed by atoms with Crippen molar-refractivity contribution < 1.29 is 19.1 Å². The number of hydrogen-bond acceptors (Lipinski definition) is 6. The molecule has 1 aliphatic rings. The van der Waals surface area contributed by atoms with E-state index in [4.69, 9.17) is 9.47 Å². The van der Waals surface area contributed by atoms with Crippen LogP contribution in [0.4, 0.5) is 5.13 Å². The Morgan fingerprint density at radius 2 is 2.25 bits per heavy atom. The zero-order valence-electron chi connectivity index (χ0n) is 13.4. The van der Waals surface area contributed by atoms with E-state index in [1.807, 2.05) is 18.2 Å². The summed E-state index contributed by atoms with van der Waals surface area (Å²) in [4.78, 5) is 29.6. The lowest BCUT2D eigenvalue weighted by molar-refractivity contribution is -0.114. The zero-order chi connectivity index (χ0) is 17.1. The third kappa shape index (κ3) is 3.48. The minimum absolute atomic E-state index is 0.185. The lowest BCUT2D eigenvalue weighted by Crippen LogP contribution is -2.32. The normalized spacial score (nSPS) is 13.5. The number of thiazole rings is 1. The second-order valence-electron chi connectivity index (χ2n) is 5.27. The Hall–Kier alpha value is -2.61. The summed E-state index contributed by atoms with van der Waals surface area (Å²) >= 11 is 1.23. The van der Waals surface area contributed by atoms with Gasteiger partial charge in [-0.1, -0.05) is 0 Å². The maximum atomic E-state index is 12.7. The Kier molecular flexibility index (Phi) is 4.66. The summed E-state index contributed by atoms with van der Waals surface area (Å²) in [6.07, 6.45) is 0. The number of amides is 2. The number of rotatable bonds is 3. The summed E-state index contributed by atoms with van der Waals surface area (Å²) in [5.41, 5.74) is 1.24. The SMILES string of the molecule is COc1ccc2c(c1)OCCN(C(=O)c1csc(NC(C)=O)n1)C2. The van der Waals surface area contributed by atoms with Crippen LogP contribution in [0.5, 0.6) is 11.5 Å². The number of anilines is 1. The molecule has 1 aromatic heterocycles. The number of carbonyl (C=O) groups excluding carboxylic acids is 2. The van der Waals surface area contributed by atoms with Crippen molar-refractivity contribution in [2.45, 2.75) is 13.5 Å². The Bertz CT molecular complexity index is 774. The van der Waals surface area contributed by atoms with E-state index in [2.05, 4.69) is 10.3 Å². The molecule has 0 fully saturated rings. The Morgan fingerprint density at radius 1 is 1.42 bits per heavy atom. The lowest BCUT2D eigenvalue weighted by Gasteiger charge is -2.18. The highest BCUT2D eigenvalue weighted by Gasteiger charge is 2.23. The number of nitrogens with zero attached hydrogens (tertiary/aromatic N) is 2. The zero-order valence-corrected chi connectivity index (χ0v) is 14.2. The molecule has 2 heterocycles. The number of hydrogen-bond donors (Lipinski definition) is 1. The van der Waals surface area contributed by atoms with Crippen LogP contribution in [-0.4, -0.2) is 42.0 Å². The summed E-state index contributed by atoms with van der Waals surface area (Å²) < 4.78 is 10.9. The van der Waals surface area contributed by atoms with Crippen molar-refractivity contribution in [2.75, 3.05) is 25.6 Å². The van der Waals surface area contributed by atoms with E-state index in [1.54, 1.807) is 17.4 Å². The van der Waals surface area contributed by atoms with E-state index < -0.39 is 0 Å². The van der Waals surface area contributed by atoms with Crippen LogP contribution in [0.15, 0.2) is 23.6 Å². The predicted octanol–water partition coefficient (Wildman–Crippen LogP) is 2.14. The minimum Gasteiger partial charge on any atom is -0.497 e. The fourth-order valence-corrected chi connectivity index (χ4v) is 3.12. The molecule has 1 N–H and O–H groups in total. The molecule has 0 spiro atoms. The fourth-order valence-electron chi connectivity index (χ4n) is 2.39. The van der Waals surface area contributed by atoms with Gasteiger partial charge in [0, 0.05) is 30.5 Å². The first kappa shape index (κ1) is 16.3. The van der Waals surface area contributed by atoms with E-state index in [0.29, 0.717) is 36.3 Å². The third-order valence-electron chi connectivity index (χ3n) is 3.55. The molecule has 2 aromatic rings. The second-order valence-corrected chi connectivity index (χ2v) is 6.13. The molecule has 0 unspecified atom stereocenters. The van der Waals surface area contributed by atoms with Gasteiger partial charge in [-0.2, -0.15) is 0 Å². The molecule has 3 rings (SSSR count). The van der Waals surface area contributed by atoms with Crippen LogP contribution in [-0.2, 0) is 11.3 Å². The molecule has 0 saturated heterocycles. The van der Waals surface area contributed by atoms with Gasteiger partial charge in [-0.25, -0.2) is 4.98 Å². The molecule has 0 saturated carbocycles. The van der Waals surface area contributed by atoms with Crippen LogP contribution < -0.4 is 14.8 Å². The van der Waals surface area contributed by atoms with Gasteiger partial charge in [0.1, 0.15) is 23.8 Å². The Morgan fingerprint density at radius 3 is 3.00 bits per heavy atom. The van der Waals surface area contributed by atoms with E-state index in [-0.39, 0.29) is 11.8 Å². The van der Waals surface area contributed by atoms with Gasteiger partial charge in [0.2, 0.25) is 5.91 Å². The molecule has 0 aliphatic carbocycles. The van der Waals surface area contributed by atoms with Crippen LogP contribution in [0, 0.1) is 0 Å². The van der Waals surface area contributed by atoms with Crippen molar-refractivity contribution in [1.82, 2.24) is 9.88 Å². The summed E-state index contributed by atoms with van der Waals surface area (Å²) in [6, 6.07) is 5.55. The fraction of sp³-hybridized carbons (Fsp3) is 0.312. The molecular weight excluding hydrogens is 330 g/mol. The van der Waals surface area contributed by atoms with Crippen molar-refractivity contribution in [3.63, 3.8) is 0 Å².